The standard InChI is InChI=1S/C18H21N3O4S2/c1-3-4-5-16(22)20(2)18-17(23)21(10-26-27-18)13(9-19)12-6-7-14-15(8-12)25-11-24-14/h6-8,13,18H,3-5,10-11H2,1-2H3. The van der Waals surface area contributed by atoms with Gasteiger partial charge in [0.2, 0.25) is 12.7 Å². The van der Waals surface area contributed by atoms with Crippen molar-refractivity contribution in [1.29, 1.82) is 5.26 Å². The molecule has 144 valence electrons. The second-order valence-electron chi connectivity index (χ2n) is 6.26. The van der Waals surface area contributed by atoms with Gasteiger partial charge in [0.1, 0.15) is 6.04 Å². The second kappa shape index (κ2) is 8.76. The summed E-state index contributed by atoms with van der Waals surface area (Å²) in [5.74, 6) is 1.30. The van der Waals surface area contributed by atoms with E-state index >= 15 is 0 Å². The van der Waals surface area contributed by atoms with Crippen molar-refractivity contribution >= 4 is 33.4 Å². The maximum Gasteiger partial charge on any atom is 0.258 e. The fourth-order valence-electron chi connectivity index (χ4n) is 2.87. The summed E-state index contributed by atoms with van der Waals surface area (Å²) in [5.41, 5.74) is 0.668. The van der Waals surface area contributed by atoms with Gasteiger partial charge in [-0.25, -0.2) is 0 Å². The van der Waals surface area contributed by atoms with E-state index in [4.69, 9.17) is 9.47 Å². The number of fused-ring (bicyclic) bond motifs is 1. The van der Waals surface area contributed by atoms with Crippen LogP contribution in [0.1, 0.15) is 37.8 Å². The first-order valence-electron chi connectivity index (χ1n) is 8.70. The summed E-state index contributed by atoms with van der Waals surface area (Å²) < 4.78 is 10.7. The van der Waals surface area contributed by atoms with Gasteiger partial charge in [-0.1, -0.05) is 41.0 Å². The van der Waals surface area contributed by atoms with Crippen molar-refractivity contribution in [2.24, 2.45) is 0 Å². The summed E-state index contributed by atoms with van der Waals surface area (Å²) in [6.45, 7) is 2.17. The molecule has 1 aromatic rings. The van der Waals surface area contributed by atoms with E-state index in [0.29, 0.717) is 29.4 Å². The van der Waals surface area contributed by atoms with Crippen LogP contribution in [0, 0.1) is 11.3 Å². The highest BCUT2D eigenvalue weighted by Crippen LogP contribution is 2.41. The first kappa shape index (κ1) is 19.7. The van der Waals surface area contributed by atoms with Crippen molar-refractivity contribution in [3.63, 3.8) is 0 Å². The second-order valence-corrected chi connectivity index (χ2v) is 8.67. The average Bonchev–Trinajstić information content (AvgIpc) is 3.15. The minimum atomic E-state index is -0.748. The molecule has 7 nitrogen and oxygen atoms in total. The number of likely N-dealkylation sites (N-methyl/N-ethyl adjacent to an activating group) is 1. The van der Waals surface area contributed by atoms with Crippen LogP contribution in [0.4, 0.5) is 0 Å². The Hall–Kier alpha value is -2.05. The highest BCUT2D eigenvalue weighted by molar-refractivity contribution is 8.77. The van der Waals surface area contributed by atoms with Gasteiger partial charge in [-0.15, -0.1) is 0 Å². The van der Waals surface area contributed by atoms with Crippen molar-refractivity contribution < 1.29 is 19.1 Å². The minimum absolute atomic E-state index is 0.0539. The number of unbranched alkanes of at least 4 members (excludes halogenated alkanes) is 1. The molecule has 1 saturated heterocycles. The summed E-state index contributed by atoms with van der Waals surface area (Å²) in [5, 5.41) is 9.11. The average molecular weight is 408 g/mol. The predicted molar refractivity (Wildman–Crippen MR) is 104 cm³/mol. The molecule has 0 saturated carbocycles. The maximum atomic E-state index is 13.0. The molecule has 2 amide bonds. The summed E-state index contributed by atoms with van der Waals surface area (Å²) in [6, 6.07) is 6.72. The van der Waals surface area contributed by atoms with Crippen LogP contribution in [-0.2, 0) is 9.59 Å². The molecular formula is C18H21N3O4S2. The lowest BCUT2D eigenvalue weighted by Gasteiger charge is -2.37. The fourth-order valence-corrected chi connectivity index (χ4v) is 5.46. The van der Waals surface area contributed by atoms with E-state index in [-0.39, 0.29) is 18.6 Å². The molecule has 0 radical (unpaired) electrons. The molecular weight excluding hydrogens is 386 g/mol. The van der Waals surface area contributed by atoms with Crippen molar-refractivity contribution in [1.82, 2.24) is 9.80 Å². The third kappa shape index (κ3) is 4.12. The number of benzene rings is 1. The molecule has 0 N–H and O–H groups in total. The molecule has 3 rings (SSSR count). The Balaban J connectivity index is 1.77. The number of nitriles is 1. The maximum absolute atomic E-state index is 13.0. The number of carbonyl (C=O) groups is 2. The number of carbonyl (C=O) groups excluding carboxylic acids is 2. The van der Waals surface area contributed by atoms with Gasteiger partial charge in [-0.3, -0.25) is 9.59 Å². The van der Waals surface area contributed by atoms with E-state index in [1.807, 2.05) is 6.92 Å². The van der Waals surface area contributed by atoms with Crippen LogP contribution in [0.5, 0.6) is 11.5 Å². The zero-order valence-electron chi connectivity index (χ0n) is 15.2. The molecule has 27 heavy (non-hydrogen) atoms. The zero-order valence-corrected chi connectivity index (χ0v) is 16.8. The largest absolute Gasteiger partial charge is 0.454 e. The van der Waals surface area contributed by atoms with Crippen LogP contribution in [0.15, 0.2) is 18.2 Å². The van der Waals surface area contributed by atoms with E-state index in [1.54, 1.807) is 25.2 Å². The number of rotatable bonds is 6. The van der Waals surface area contributed by atoms with Crippen LogP contribution < -0.4 is 9.47 Å². The van der Waals surface area contributed by atoms with E-state index < -0.39 is 11.4 Å². The molecule has 0 aromatic heterocycles. The first-order chi connectivity index (χ1) is 13.1. The molecule has 2 unspecified atom stereocenters. The van der Waals surface area contributed by atoms with Crippen molar-refractivity contribution in [3.05, 3.63) is 23.8 Å². The van der Waals surface area contributed by atoms with Gasteiger partial charge in [0.15, 0.2) is 16.9 Å². The first-order valence-corrected chi connectivity index (χ1v) is 11.1. The van der Waals surface area contributed by atoms with Gasteiger partial charge in [0, 0.05) is 13.5 Å². The smallest absolute Gasteiger partial charge is 0.258 e. The van der Waals surface area contributed by atoms with E-state index in [0.717, 1.165) is 12.8 Å². The van der Waals surface area contributed by atoms with Crippen LogP contribution in [-0.4, -0.2) is 46.7 Å². The molecule has 2 atom stereocenters. The van der Waals surface area contributed by atoms with Crippen molar-refractivity contribution in [2.75, 3.05) is 19.7 Å². The van der Waals surface area contributed by atoms with E-state index in [1.165, 1.54) is 31.4 Å². The number of ether oxygens (including phenoxy) is 2. The summed E-state index contributed by atoms with van der Waals surface area (Å²) >= 11 is 0. The highest BCUT2D eigenvalue weighted by atomic mass is 33.1. The van der Waals surface area contributed by atoms with Gasteiger partial charge in [-0.2, -0.15) is 5.26 Å². The van der Waals surface area contributed by atoms with Crippen molar-refractivity contribution in [3.8, 4) is 17.6 Å². The summed E-state index contributed by atoms with van der Waals surface area (Å²) in [4.78, 5) is 28.4. The van der Waals surface area contributed by atoms with Crippen LogP contribution in [0.2, 0.25) is 0 Å². The number of hydrogen-bond donors (Lipinski definition) is 0. The predicted octanol–water partition coefficient (Wildman–Crippen LogP) is 3.14. The lowest BCUT2D eigenvalue weighted by molar-refractivity contribution is -0.141. The molecule has 9 heteroatoms. The Kier molecular flexibility index (Phi) is 6.39. The Labute approximate surface area is 166 Å². The Morgan fingerprint density at radius 1 is 1.44 bits per heavy atom. The normalized spacial score (nSPS) is 19.5. The van der Waals surface area contributed by atoms with Crippen molar-refractivity contribution in [2.45, 2.75) is 37.6 Å². The molecule has 1 aromatic carbocycles. The SMILES string of the molecule is CCCCC(=O)N(C)C1SSCN(C(C#N)c2ccc3c(c2)OCO3)C1=O. The van der Waals surface area contributed by atoms with Gasteiger partial charge >= 0.3 is 0 Å². The molecule has 0 aliphatic carbocycles. The lowest BCUT2D eigenvalue weighted by Crippen LogP contribution is -2.50. The zero-order chi connectivity index (χ0) is 19.4. The quantitative estimate of drug-likeness (QED) is 0.670. The topological polar surface area (TPSA) is 82.9 Å². The van der Waals surface area contributed by atoms with Gasteiger partial charge < -0.3 is 19.3 Å². The fraction of sp³-hybridized carbons (Fsp3) is 0.500. The number of amides is 2. The molecule has 0 spiro atoms. The molecule has 0 bridgehead atoms. The Bertz CT molecular complexity index is 767. The minimum Gasteiger partial charge on any atom is -0.454 e. The Morgan fingerprint density at radius 3 is 2.96 bits per heavy atom. The highest BCUT2D eigenvalue weighted by Gasteiger charge is 2.39. The van der Waals surface area contributed by atoms with Crippen LogP contribution >= 0.6 is 21.6 Å². The number of hydrogen-bond acceptors (Lipinski definition) is 7. The van der Waals surface area contributed by atoms with Gasteiger partial charge in [-0.05, 0) is 24.1 Å². The van der Waals surface area contributed by atoms with Crippen LogP contribution in [0.3, 0.4) is 0 Å². The molecule has 1 fully saturated rings. The van der Waals surface area contributed by atoms with Gasteiger partial charge in [0.25, 0.3) is 5.91 Å². The number of nitrogens with zero attached hydrogens (tertiary/aromatic N) is 3. The third-order valence-electron chi connectivity index (χ3n) is 4.48. The molecule has 2 aliphatic rings. The third-order valence-corrected chi connectivity index (χ3v) is 6.97. The summed E-state index contributed by atoms with van der Waals surface area (Å²) in [7, 11) is 4.49. The van der Waals surface area contributed by atoms with E-state index in [2.05, 4.69) is 6.07 Å². The molecule has 2 aliphatic heterocycles. The Morgan fingerprint density at radius 2 is 2.22 bits per heavy atom. The van der Waals surface area contributed by atoms with Crippen LogP contribution in [0.25, 0.3) is 0 Å². The summed E-state index contributed by atoms with van der Waals surface area (Å²) in [6.07, 6.45) is 2.14. The van der Waals surface area contributed by atoms with E-state index in [9.17, 15) is 14.9 Å². The lowest BCUT2D eigenvalue weighted by atomic mass is 10.1. The molecule has 2 heterocycles. The monoisotopic (exact) mass is 407 g/mol. The van der Waals surface area contributed by atoms with Gasteiger partial charge in [0.05, 0.1) is 11.9 Å².